The Morgan fingerprint density at radius 3 is 2.38 bits per heavy atom. The molecule has 1 atom stereocenters. The maximum Gasteiger partial charge on any atom is 0.235 e. The summed E-state index contributed by atoms with van der Waals surface area (Å²) < 4.78 is 19.1. The van der Waals surface area contributed by atoms with Crippen LogP contribution in [0.2, 0.25) is 0 Å². The Kier molecular flexibility index (Phi) is 2.77. The predicted octanol–water partition coefficient (Wildman–Crippen LogP) is 2.95. The topological polar surface area (TPSA) is 26.3 Å². The maximum absolute atomic E-state index is 13.7. The first kappa shape index (κ1) is 10.9. The van der Waals surface area contributed by atoms with Gasteiger partial charge in [-0.1, -0.05) is 44.2 Å². The van der Waals surface area contributed by atoms with Gasteiger partial charge in [-0.25, -0.2) is 0 Å². The zero-order chi connectivity index (χ0) is 11.7. The van der Waals surface area contributed by atoms with Gasteiger partial charge in [-0.3, -0.25) is 4.79 Å². The van der Waals surface area contributed by atoms with Gasteiger partial charge in [0.1, 0.15) is 0 Å². The number of Topliss-reactive ketones (excluding diaryl/α,β-unsaturated/α-hetero) is 1. The van der Waals surface area contributed by atoms with Gasteiger partial charge in [0.25, 0.3) is 0 Å². The van der Waals surface area contributed by atoms with Crippen LogP contribution in [0.15, 0.2) is 36.2 Å². The minimum absolute atomic E-state index is 0.0283. The lowest BCUT2D eigenvalue weighted by atomic mass is 10.0. The Morgan fingerprint density at radius 1 is 1.25 bits per heavy atom. The maximum atomic E-state index is 13.7. The van der Waals surface area contributed by atoms with Gasteiger partial charge in [0.15, 0.2) is 11.9 Å². The molecule has 0 fully saturated rings. The third-order valence-electron chi connectivity index (χ3n) is 2.56. The van der Waals surface area contributed by atoms with Crippen molar-refractivity contribution in [2.75, 3.05) is 0 Å². The Bertz CT molecular complexity index is 435. The van der Waals surface area contributed by atoms with Crippen LogP contribution in [0.1, 0.15) is 19.4 Å². The van der Waals surface area contributed by atoms with Crippen molar-refractivity contribution in [3.63, 3.8) is 0 Å². The van der Waals surface area contributed by atoms with E-state index in [2.05, 4.69) is 0 Å². The van der Waals surface area contributed by atoms with Crippen LogP contribution in [0, 0.1) is 5.92 Å². The van der Waals surface area contributed by atoms with Crippen molar-refractivity contribution < 1.29 is 13.9 Å². The number of carbonyl (C=O) groups is 1. The Hall–Kier alpha value is -1.64. The molecule has 0 aliphatic carbocycles. The number of rotatable bonds is 2. The van der Waals surface area contributed by atoms with Crippen LogP contribution in [-0.2, 0) is 9.53 Å². The second kappa shape index (κ2) is 4.08. The summed E-state index contributed by atoms with van der Waals surface area (Å²) in [6, 6.07) is 8.85. The van der Waals surface area contributed by atoms with Crippen LogP contribution < -0.4 is 0 Å². The van der Waals surface area contributed by atoms with E-state index in [0.717, 1.165) is 0 Å². The van der Waals surface area contributed by atoms with Crippen LogP contribution in [0.5, 0.6) is 0 Å². The van der Waals surface area contributed by atoms with Crippen molar-refractivity contribution in [3.05, 3.63) is 41.7 Å². The van der Waals surface area contributed by atoms with Crippen LogP contribution in [-0.4, -0.2) is 11.9 Å². The zero-order valence-electron chi connectivity index (χ0n) is 9.24. The fourth-order valence-electron chi connectivity index (χ4n) is 1.69. The average Bonchev–Trinajstić information content (AvgIpc) is 2.58. The van der Waals surface area contributed by atoms with Crippen LogP contribution in [0.4, 0.5) is 4.39 Å². The third kappa shape index (κ3) is 1.73. The Morgan fingerprint density at radius 2 is 1.88 bits per heavy atom. The SMILES string of the molecule is CC(C)C1OC(c2ccccc2)=C(F)C1=O. The first-order valence-electron chi connectivity index (χ1n) is 5.27. The molecule has 0 bridgehead atoms. The number of hydrogen-bond donors (Lipinski definition) is 0. The Labute approximate surface area is 93.7 Å². The molecular formula is C13H13FO2. The van der Waals surface area contributed by atoms with Gasteiger partial charge < -0.3 is 4.74 Å². The molecule has 1 unspecified atom stereocenters. The van der Waals surface area contributed by atoms with Gasteiger partial charge in [-0.05, 0) is 5.92 Å². The monoisotopic (exact) mass is 220 g/mol. The summed E-state index contributed by atoms with van der Waals surface area (Å²) in [6.07, 6.45) is -0.685. The van der Waals surface area contributed by atoms with E-state index in [1.807, 2.05) is 19.9 Å². The lowest BCUT2D eigenvalue weighted by Crippen LogP contribution is -2.23. The quantitative estimate of drug-likeness (QED) is 0.766. The second-order valence-corrected chi connectivity index (χ2v) is 4.16. The van der Waals surface area contributed by atoms with Gasteiger partial charge in [0.2, 0.25) is 11.6 Å². The Balaban J connectivity index is 2.34. The van der Waals surface area contributed by atoms with E-state index in [9.17, 15) is 9.18 Å². The van der Waals surface area contributed by atoms with Crippen molar-refractivity contribution in [1.29, 1.82) is 0 Å². The molecule has 3 heteroatoms. The van der Waals surface area contributed by atoms with Gasteiger partial charge in [0, 0.05) is 5.56 Å². The van der Waals surface area contributed by atoms with E-state index in [1.54, 1.807) is 24.3 Å². The number of benzene rings is 1. The number of hydrogen-bond acceptors (Lipinski definition) is 2. The molecule has 0 saturated carbocycles. The second-order valence-electron chi connectivity index (χ2n) is 4.16. The van der Waals surface area contributed by atoms with Gasteiger partial charge in [0.05, 0.1) is 0 Å². The summed E-state index contributed by atoms with van der Waals surface area (Å²) in [5.41, 5.74) is 0.608. The van der Waals surface area contributed by atoms with E-state index >= 15 is 0 Å². The molecule has 0 amide bonds. The zero-order valence-corrected chi connectivity index (χ0v) is 9.24. The molecule has 1 aliphatic rings. The third-order valence-corrected chi connectivity index (χ3v) is 2.56. The highest BCUT2D eigenvalue weighted by Gasteiger charge is 2.37. The first-order chi connectivity index (χ1) is 7.61. The molecule has 0 saturated heterocycles. The minimum Gasteiger partial charge on any atom is -0.478 e. The molecule has 1 aliphatic heterocycles. The summed E-state index contributed by atoms with van der Waals surface area (Å²) >= 11 is 0. The van der Waals surface area contributed by atoms with Crippen molar-refractivity contribution in [2.45, 2.75) is 20.0 Å². The number of carbonyl (C=O) groups excluding carboxylic acids is 1. The largest absolute Gasteiger partial charge is 0.478 e. The molecule has 2 rings (SSSR count). The average molecular weight is 220 g/mol. The van der Waals surface area contributed by atoms with Crippen molar-refractivity contribution >= 4 is 11.5 Å². The molecule has 1 aromatic rings. The highest BCUT2D eigenvalue weighted by molar-refractivity contribution is 6.05. The predicted molar refractivity (Wildman–Crippen MR) is 59.2 cm³/mol. The van der Waals surface area contributed by atoms with Crippen molar-refractivity contribution in [3.8, 4) is 0 Å². The fraction of sp³-hybridized carbons (Fsp3) is 0.308. The summed E-state index contributed by atoms with van der Waals surface area (Å²) in [6.45, 7) is 3.67. The molecule has 0 spiro atoms. The van der Waals surface area contributed by atoms with E-state index in [0.29, 0.717) is 5.56 Å². The number of ketones is 1. The molecule has 0 N–H and O–H groups in total. The van der Waals surface area contributed by atoms with E-state index < -0.39 is 17.7 Å². The van der Waals surface area contributed by atoms with E-state index in [1.165, 1.54) is 0 Å². The van der Waals surface area contributed by atoms with Crippen LogP contribution in [0.25, 0.3) is 5.76 Å². The van der Waals surface area contributed by atoms with Crippen molar-refractivity contribution in [2.24, 2.45) is 5.92 Å². The standard InChI is InChI=1S/C13H13FO2/c1-8(2)12-11(15)10(14)13(16-12)9-6-4-3-5-7-9/h3-8,12H,1-2H3. The lowest BCUT2D eigenvalue weighted by molar-refractivity contribution is -0.123. The summed E-state index contributed by atoms with van der Waals surface area (Å²) in [7, 11) is 0. The molecule has 1 aromatic carbocycles. The van der Waals surface area contributed by atoms with E-state index in [-0.39, 0.29) is 11.7 Å². The molecular weight excluding hydrogens is 207 g/mol. The van der Waals surface area contributed by atoms with Crippen LogP contribution >= 0.6 is 0 Å². The highest BCUT2D eigenvalue weighted by atomic mass is 19.1. The normalized spacial score (nSPS) is 20.5. The number of ether oxygens (including phenoxy) is 1. The lowest BCUT2D eigenvalue weighted by Gasteiger charge is -2.14. The fourth-order valence-corrected chi connectivity index (χ4v) is 1.69. The molecule has 1 heterocycles. The first-order valence-corrected chi connectivity index (χ1v) is 5.27. The summed E-state index contributed by atoms with van der Waals surface area (Å²) in [5.74, 6) is -1.26. The van der Waals surface area contributed by atoms with Gasteiger partial charge in [-0.2, -0.15) is 4.39 Å². The number of halogens is 1. The molecule has 84 valence electrons. The smallest absolute Gasteiger partial charge is 0.235 e. The minimum atomic E-state index is -0.759. The summed E-state index contributed by atoms with van der Waals surface area (Å²) in [5, 5.41) is 0. The van der Waals surface area contributed by atoms with Gasteiger partial charge in [-0.15, -0.1) is 0 Å². The van der Waals surface area contributed by atoms with Crippen LogP contribution in [0.3, 0.4) is 0 Å². The van der Waals surface area contributed by atoms with Crippen molar-refractivity contribution in [1.82, 2.24) is 0 Å². The summed E-state index contributed by atoms with van der Waals surface area (Å²) in [4.78, 5) is 11.6. The van der Waals surface area contributed by atoms with E-state index in [4.69, 9.17) is 4.74 Å². The van der Waals surface area contributed by atoms with Gasteiger partial charge >= 0.3 is 0 Å². The highest BCUT2D eigenvalue weighted by Crippen LogP contribution is 2.33. The molecule has 0 aromatic heterocycles. The molecule has 2 nitrogen and oxygen atoms in total. The molecule has 16 heavy (non-hydrogen) atoms. The molecule has 0 radical (unpaired) electrons.